The van der Waals surface area contributed by atoms with Crippen molar-refractivity contribution in [1.29, 1.82) is 0 Å². The fraction of sp³-hybridized carbons (Fsp3) is 0.188. The lowest BCUT2D eigenvalue weighted by atomic mass is 9.78. The maximum absolute atomic E-state index is 9.29. The zero-order valence-electron chi connectivity index (χ0n) is 11.3. The zero-order chi connectivity index (χ0) is 15.2. The van der Waals surface area contributed by atoms with Crippen LogP contribution in [0.15, 0.2) is 54.6 Å². The molecule has 0 radical (unpaired) electrons. The number of rotatable bonds is 2. The summed E-state index contributed by atoms with van der Waals surface area (Å²) in [5.74, 6) is 0.313. The minimum Gasteiger partial charge on any atom is -0.508 e. The van der Waals surface area contributed by atoms with E-state index >= 15 is 0 Å². The SMILES string of the molecule is CC(C)(c1ccccc1)c1ccc(O)cc1.O=C(Cl)Cl. The van der Waals surface area contributed by atoms with Crippen LogP contribution in [-0.2, 0) is 5.41 Å². The van der Waals surface area contributed by atoms with Crippen LogP contribution in [0.2, 0.25) is 0 Å². The molecule has 0 saturated heterocycles. The third-order valence-corrected chi connectivity index (χ3v) is 3.08. The first kappa shape index (κ1) is 16.5. The number of halogens is 2. The van der Waals surface area contributed by atoms with E-state index in [0.29, 0.717) is 5.75 Å². The largest absolute Gasteiger partial charge is 0.508 e. The van der Waals surface area contributed by atoms with Gasteiger partial charge in [-0.2, -0.15) is 0 Å². The highest BCUT2D eigenvalue weighted by Gasteiger charge is 2.22. The molecule has 0 aromatic heterocycles. The number of phenols is 1. The molecule has 0 atom stereocenters. The molecule has 0 amide bonds. The summed E-state index contributed by atoms with van der Waals surface area (Å²) >= 11 is 8.80. The first-order valence-electron chi connectivity index (χ1n) is 6.04. The normalized spacial score (nSPS) is 10.4. The Morgan fingerprint density at radius 1 is 0.900 bits per heavy atom. The number of carbonyl (C=O) groups is 1. The molecule has 0 saturated carbocycles. The molecule has 4 heteroatoms. The van der Waals surface area contributed by atoms with Crippen LogP contribution < -0.4 is 0 Å². The third-order valence-electron chi connectivity index (χ3n) is 3.08. The summed E-state index contributed by atoms with van der Waals surface area (Å²) in [6.45, 7) is 4.38. The molecule has 0 unspecified atom stereocenters. The maximum atomic E-state index is 9.29. The van der Waals surface area contributed by atoms with Gasteiger partial charge in [-0.25, -0.2) is 0 Å². The van der Waals surface area contributed by atoms with Crippen LogP contribution in [0.25, 0.3) is 0 Å². The summed E-state index contributed by atoms with van der Waals surface area (Å²) < 4.78 is -0.889. The fourth-order valence-corrected chi connectivity index (χ4v) is 1.90. The van der Waals surface area contributed by atoms with Gasteiger partial charge < -0.3 is 5.11 Å². The van der Waals surface area contributed by atoms with Crippen molar-refractivity contribution in [3.63, 3.8) is 0 Å². The highest BCUT2D eigenvalue weighted by molar-refractivity contribution is 6.93. The summed E-state index contributed by atoms with van der Waals surface area (Å²) in [6, 6.07) is 17.8. The second-order valence-corrected chi connectivity index (χ2v) is 5.64. The molecule has 0 fully saturated rings. The molecule has 20 heavy (non-hydrogen) atoms. The van der Waals surface area contributed by atoms with E-state index in [-0.39, 0.29) is 5.41 Å². The van der Waals surface area contributed by atoms with E-state index < -0.39 is 4.70 Å². The van der Waals surface area contributed by atoms with Crippen molar-refractivity contribution in [3.8, 4) is 5.75 Å². The van der Waals surface area contributed by atoms with Crippen LogP contribution in [0, 0.1) is 0 Å². The molecule has 0 spiro atoms. The van der Waals surface area contributed by atoms with Crippen molar-refractivity contribution in [2.45, 2.75) is 19.3 Å². The summed E-state index contributed by atoms with van der Waals surface area (Å²) in [7, 11) is 0. The van der Waals surface area contributed by atoms with E-state index in [4.69, 9.17) is 4.79 Å². The quantitative estimate of drug-likeness (QED) is 0.764. The average molecular weight is 311 g/mol. The number of hydrogen-bond acceptors (Lipinski definition) is 2. The summed E-state index contributed by atoms with van der Waals surface area (Å²) in [4.78, 5) is 8.98. The van der Waals surface area contributed by atoms with Crippen molar-refractivity contribution >= 4 is 27.9 Å². The molecular weight excluding hydrogens is 295 g/mol. The Kier molecular flexibility index (Phi) is 6.05. The Bertz CT molecular complexity index is 544. The molecule has 0 aliphatic rings. The highest BCUT2D eigenvalue weighted by Crippen LogP contribution is 2.31. The number of benzene rings is 2. The Morgan fingerprint density at radius 2 is 1.30 bits per heavy atom. The van der Waals surface area contributed by atoms with Gasteiger partial charge in [-0.3, -0.25) is 4.79 Å². The lowest BCUT2D eigenvalue weighted by Gasteiger charge is -2.26. The van der Waals surface area contributed by atoms with E-state index in [2.05, 4.69) is 61.3 Å². The number of aromatic hydroxyl groups is 1. The molecule has 2 aromatic rings. The molecule has 0 heterocycles. The number of phenolic OH excluding ortho intramolecular Hbond substituents is 1. The van der Waals surface area contributed by atoms with E-state index in [1.54, 1.807) is 12.1 Å². The Labute approximate surface area is 129 Å². The van der Waals surface area contributed by atoms with Crippen LogP contribution in [-0.4, -0.2) is 9.81 Å². The standard InChI is InChI=1S/C15H16O.CCl2O/c1-15(2,12-6-4-3-5-7-12)13-8-10-14(16)11-9-13;2-1(3)4/h3-11,16H,1-2H3;. The zero-order valence-corrected chi connectivity index (χ0v) is 12.8. The molecule has 2 nitrogen and oxygen atoms in total. The van der Waals surface area contributed by atoms with Crippen molar-refractivity contribution in [2.24, 2.45) is 0 Å². The minimum atomic E-state index is -0.889. The molecule has 2 rings (SSSR count). The molecule has 106 valence electrons. The predicted octanol–water partition coefficient (Wildman–Crippen LogP) is 5.30. The van der Waals surface area contributed by atoms with E-state index in [0.717, 1.165) is 0 Å². The highest BCUT2D eigenvalue weighted by atomic mass is 35.5. The van der Waals surface area contributed by atoms with Gasteiger partial charge in [0.05, 0.1) is 0 Å². The van der Waals surface area contributed by atoms with Crippen molar-refractivity contribution in [1.82, 2.24) is 0 Å². The average Bonchev–Trinajstić information content (AvgIpc) is 2.39. The van der Waals surface area contributed by atoms with Gasteiger partial charge in [-0.15, -0.1) is 0 Å². The second kappa shape index (κ2) is 7.32. The molecule has 0 aliphatic heterocycles. The van der Waals surface area contributed by atoms with Crippen LogP contribution in [0.5, 0.6) is 5.75 Å². The lowest BCUT2D eigenvalue weighted by molar-refractivity contribution is 0.275. The molecule has 0 bridgehead atoms. The number of hydrogen-bond donors (Lipinski definition) is 1. The van der Waals surface area contributed by atoms with Crippen LogP contribution >= 0.6 is 23.2 Å². The Hall–Kier alpha value is -1.51. The summed E-state index contributed by atoms with van der Waals surface area (Å²) in [6.07, 6.45) is 0. The van der Waals surface area contributed by atoms with Gasteiger partial charge in [0.15, 0.2) is 0 Å². The monoisotopic (exact) mass is 310 g/mol. The van der Waals surface area contributed by atoms with Crippen molar-refractivity contribution in [2.75, 3.05) is 0 Å². The van der Waals surface area contributed by atoms with Crippen molar-refractivity contribution in [3.05, 3.63) is 65.7 Å². The fourth-order valence-electron chi connectivity index (χ4n) is 1.90. The minimum absolute atomic E-state index is 0.0328. The Balaban J connectivity index is 0.000000444. The van der Waals surface area contributed by atoms with Crippen LogP contribution in [0.1, 0.15) is 25.0 Å². The van der Waals surface area contributed by atoms with Gasteiger partial charge in [-0.05, 0) is 46.5 Å². The smallest absolute Gasteiger partial charge is 0.313 e. The van der Waals surface area contributed by atoms with E-state index in [1.165, 1.54) is 11.1 Å². The van der Waals surface area contributed by atoms with Crippen molar-refractivity contribution < 1.29 is 9.90 Å². The molecule has 1 N–H and O–H groups in total. The van der Waals surface area contributed by atoms with E-state index in [9.17, 15) is 5.11 Å². The van der Waals surface area contributed by atoms with Crippen LogP contribution in [0.4, 0.5) is 4.79 Å². The summed E-state index contributed by atoms with van der Waals surface area (Å²) in [5, 5.41) is 9.29. The lowest BCUT2D eigenvalue weighted by Crippen LogP contribution is -2.18. The molecular formula is C16H16Cl2O2. The van der Waals surface area contributed by atoms with Gasteiger partial charge in [0, 0.05) is 5.41 Å². The molecule has 0 aliphatic carbocycles. The van der Waals surface area contributed by atoms with Gasteiger partial charge in [0.1, 0.15) is 5.75 Å². The predicted molar refractivity (Wildman–Crippen MR) is 83.8 cm³/mol. The third kappa shape index (κ3) is 4.87. The topological polar surface area (TPSA) is 37.3 Å². The summed E-state index contributed by atoms with van der Waals surface area (Å²) in [5.41, 5.74) is 2.45. The Morgan fingerprint density at radius 3 is 1.75 bits per heavy atom. The van der Waals surface area contributed by atoms with Gasteiger partial charge in [-0.1, -0.05) is 56.3 Å². The molecule has 2 aromatic carbocycles. The van der Waals surface area contributed by atoms with Gasteiger partial charge >= 0.3 is 4.70 Å². The van der Waals surface area contributed by atoms with Gasteiger partial charge in [0.25, 0.3) is 0 Å². The first-order valence-corrected chi connectivity index (χ1v) is 6.79. The van der Waals surface area contributed by atoms with Crippen LogP contribution in [0.3, 0.4) is 0 Å². The number of carbonyl (C=O) groups excluding carboxylic acids is 1. The maximum Gasteiger partial charge on any atom is 0.313 e. The van der Waals surface area contributed by atoms with E-state index in [1.807, 2.05) is 18.2 Å². The first-order chi connectivity index (χ1) is 9.34. The second-order valence-electron chi connectivity index (χ2n) is 4.76. The van der Waals surface area contributed by atoms with Gasteiger partial charge in [0.2, 0.25) is 0 Å².